The Morgan fingerprint density at radius 3 is 1.51 bits per heavy atom. The van der Waals surface area contributed by atoms with Crippen molar-refractivity contribution in [2.24, 2.45) is 11.8 Å². The summed E-state index contributed by atoms with van der Waals surface area (Å²) in [5.41, 5.74) is 5.91. The van der Waals surface area contributed by atoms with Gasteiger partial charge in [0.05, 0.1) is 5.92 Å². The maximum atomic E-state index is 13.8. The van der Waals surface area contributed by atoms with Gasteiger partial charge < -0.3 is 38.4 Å². The summed E-state index contributed by atoms with van der Waals surface area (Å²) in [6.07, 6.45) is 0.352. The van der Waals surface area contributed by atoms with Crippen molar-refractivity contribution in [3.63, 3.8) is 0 Å². The van der Waals surface area contributed by atoms with Gasteiger partial charge in [-0.3, -0.25) is 4.57 Å². The number of likely N-dealkylation sites (tertiary alicyclic amines) is 1. The van der Waals surface area contributed by atoms with Gasteiger partial charge in [-0.05, 0) is 58.6 Å². The van der Waals surface area contributed by atoms with Crippen LogP contribution in [0.2, 0.25) is 0 Å². The summed E-state index contributed by atoms with van der Waals surface area (Å²) in [5, 5.41) is 0. The van der Waals surface area contributed by atoms with Crippen LogP contribution in [-0.4, -0.2) is 86.6 Å². The standard InChI is InChI=1S/C42H39NO6.C6H15N.H3O2P/c1-46-42(47-2,49-41(31-16-6-3-7-17-31,32-18-8-4-9-19-32)33-20-10-5-11-21-33)39-27-43(26-30(39)28-44)40(45)48-29-38-36-24-14-12-22-34(36)35-23-13-15-25-37(35)38;1-4-7(5-2)6-3;1-3-2/h3-25,28,30,38-39H,26-27,29H2,1-2H3;4-6H2,1-3H3;3H2,(H,1,2)/p+1/t30-,39+;;/m1../s1. The highest BCUT2D eigenvalue weighted by Crippen LogP contribution is 2.48. The second-order valence-corrected chi connectivity index (χ2v) is 14.4. The fraction of sp³-hybridized carbons (Fsp3) is 0.333. The number of carbonyl (C=O) groups is 2. The molecular weight excluding hydrogens is 764 g/mol. The van der Waals surface area contributed by atoms with Crippen LogP contribution in [-0.2, 0) is 33.9 Å². The average molecular weight is 822 g/mol. The molecule has 3 atom stereocenters. The molecule has 312 valence electrons. The minimum absolute atomic E-state index is 0. The average Bonchev–Trinajstić information content (AvgIpc) is 3.88. The lowest BCUT2D eigenvalue weighted by molar-refractivity contribution is -0.412. The van der Waals surface area contributed by atoms with Crippen LogP contribution in [0.4, 0.5) is 4.79 Å². The minimum atomic E-state index is -1.74. The Kier molecular flexibility index (Phi) is 16.8. The Labute approximate surface area is 351 Å². The third kappa shape index (κ3) is 9.93. The number of amides is 1. The van der Waals surface area contributed by atoms with Crippen molar-refractivity contribution in [2.45, 2.75) is 38.3 Å². The van der Waals surface area contributed by atoms with Crippen LogP contribution in [0.1, 0.15) is 55.9 Å². The molecular formula is C48H58N2O8P+. The van der Waals surface area contributed by atoms with Crippen molar-refractivity contribution >= 4 is 21.1 Å². The van der Waals surface area contributed by atoms with Crippen LogP contribution >= 0.6 is 8.69 Å². The van der Waals surface area contributed by atoms with Gasteiger partial charge in [-0.1, -0.05) is 160 Å². The molecule has 11 heteroatoms. The van der Waals surface area contributed by atoms with Crippen molar-refractivity contribution in [3.05, 3.63) is 167 Å². The Bertz CT molecular complexity index is 1920. The van der Waals surface area contributed by atoms with E-state index in [4.69, 9.17) is 28.4 Å². The largest absolute Gasteiger partial charge is 1.00 e. The molecule has 0 saturated carbocycles. The molecule has 1 aliphatic carbocycles. The lowest BCUT2D eigenvalue weighted by atomic mass is 9.79. The van der Waals surface area contributed by atoms with E-state index in [-0.39, 0.29) is 27.0 Å². The van der Waals surface area contributed by atoms with Crippen molar-refractivity contribution < 1.29 is 39.4 Å². The summed E-state index contributed by atoms with van der Waals surface area (Å²) >= 11 is 0. The van der Waals surface area contributed by atoms with E-state index < -0.39 is 38.2 Å². The number of fused-ring (bicyclic) bond motifs is 3. The Morgan fingerprint density at radius 2 is 1.14 bits per heavy atom. The molecule has 0 radical (unpaired) electrons. The molecule has 5 aromatic rings. The van der Waals surface area contributed by atoms with E-state index in [1.54, 1.807) is 4.90 Å². The third-order valence-corrected chi connectivity index (χ3v) is 11.3. The molecule has 59 heavy (non-hydrogen) atoms. The first-order chi connectivity index (χ1) is 28.8. The number of hydrogen-bond donors (Lipinski definition) is 1. The van der Waals surface area contributed by atoms with E-state index in [1.807, 2.05) is 115 Å². The summed E-state index contributed by atoms with van der Waals surface area (Å²) in [7, 11) is 1.51. The number of ether oxygens (including phenoxy) is 4. The minimum Gasteiger partial charge on any atom is -0.448 e. The normalized spacial score (nSPS) is 16.2. The van der Waals surface area contributed by atoms with Crippen molar-refractivity contribution in [1.29, 1.82) is 0 Å². The Hall–Kier alpha value is -4.93. The molecule has 1 heterocycles. The van der Waals surface area contributed by atoms with Gasteiger partial charge in [0.1, 0.15) is 18.5 Å². The highest BCUT2D eigenvalue weighted by Gasteiger charge is 2.56. The molecule has 2 aliphatic rings. The number of benzene rings is 5. The molecule has 1 aliphatic heterocycles. The third-order valence-electron chi connectivity index (χ3n) is 11.3. The van der Waals surface area contributed by atoms with Crippen molar-refractivity contribution in [3.8, 4) is 11.1 Å². The topological polar surface area (TPSA) is 115 Å². The summed E-state index contributed by atoms with van der Waals surface area (Å²) in [4.78, 5) is 37.5. The predicted molar refractivity (Wildman–Crippen MR) is 234 cm³/mol. The molecule has 5 aromatic carbocycles. The van der Waals surface area contributed by atoms with E-state index in [2.05, 4.69) is 49.9 Å². The molecule has 7 rings (SSSR count). The van der Waals surface area contributed by atoms with E-state index in [1.165, 1.54) is 33.9 Å². The molecule has 1 saturated heterocycles. The van der Waals surface area contributed by atoms with Crippen LogP contribution in [0.15, 0.2) is 140 Å². The monoisotopic (exact) mass is 821 g/mol. The van der Waals surface area contributed by atoms with Crippen LogP contribution in [0.25, 0.3) is 11.1 Å². The molecule has 10 nitrogen and oxygen atoms in total. The molecule has 1 fully saturated rings. The van der Waals surface area contributed by atoms with E-state index in [0.717, 1.165) is 45.2 Å². The second kappa shape index (κ2) is 21.9. The van der Waals surface area contributed by atoms with E-state index >= 15 is 0 Å². The predicted octanol–water partition coefficient (Wildman–Crippen LogP) is 8.75. The first kappa shape index (κ1) is 45.2. The highest BCUT2D eigenvalue weighted by molar-refractivity contribution is 7.16. The van der Waals surface area contributed by atoms with Gasteiger partial charge in [0.2, 0.25) is 0 Å². The summed E-state index contributed by atoms with van der Waals surface area (Å²) in [6, 6.07) is 46.1. The number of carbonyl (C=O) groups excluding carboxylic acids is 2. The molecule has 1 amide bonds. The Morgan fingerprint density at radius 1 is 0.729 bits per heavy atom. The SMILES string of the molecule is CCN(CC)CC.COC(OC)(OC(c1ccccc1)(c1ccccc1)c1ccccc1)[C@H]1CN(C(=O)OCC2c3ccccc3-c3ccccc32)C[C@@H]1C=O.O=[PH2]O.[H+]. The van der Waals surface area contributed by atoms with Crippen molar-refractivity contribution in [2.75, 3.05) is 53.6 Å². The van der Waals surface area contributed by atoms with Gasteiger partial charge in [-0.15, -0.1) is 0 Å². The number of methoxy groups -OCH3 is 2. The fourth-order valence-electron chi connectivity index (χ4n) is 8.30. The lowest BCUT2D eigenvalue weighted by Crippen LogP contribution is -2.54. The molecule has 0 aromatic heterocycles. The van der Waals surface area contributed by atoms with Crippen LogP contribution < -0.4 is 0 Å². The van der Waals surface area contributed by atoms with E-state index in [0.29, 0.717) is 0 Å². The summed E-state index contributed by atoms with van der Waals surface area (Å²) < 4.78 is 34.2. The number of nitrogens with zero attached hydrogens (tertiary/aromatic N) is 2. The maximum absolute atomic E-state index is 13.8. The number of rotatable bonds is 14. The molecule has 1 N–H and O–H groups in total. The second-order valence-electron chi connectivity index (χ2n) is 14.2. The number of aldehydes is 1. The summed E-state index contributed by atoms with van der Waals surface area (Å²) in [6.45, 7) is 10.6. The fourth-order valence-corrected chi connectivity index (χ4v) is 8.30. The quantitative estimate of drug-likeness (QED) is 0.0509. The zero-order valence-corrected chi connectivity index (χ0v) is 35.8. The van der Waals surface area contributed by atoms with Crippen molar-refractivity contribution in [1.82, 2.24) is 9.80 Å². The zero-order valence-electron chi connectivity index (χ0n) is 35.6. The molecule has 1 unspecified atom stereocenters. The van der Waals surface area contributed by atoms with Gasteiger partial charge in [0.25, 0.3) is 5.97 Å². The summed E-state index contributed by atoms with van der Waals surface area (Å²) in [5.74, 6) is -3.16. The zero-order chi connectivity index (χ0) is 42.3. The highest BCUT2D eigenvalue weighted by atomic mass is 31.1. The number of hydrogen-bond acceptors (Lipinski definition) is 8. The molecule has 0 bridgehead atoms. The van der Waals surface area contributed by atoms with Gasteiger partial charge in [-0.2, -0.15) is 0 Å². The van der Waals surface area contributed by atoms with Crippen LogP contribution in [0.3, 0.4) is 0 Å². The smallest absolute Gasteiger partial charge is 0.448 e. The van der Waals surface area contributed by atoms with Gasteiger partial charge >= 0.3 is 7.52 Å². The maximum Gasteiger partial charge on any atom is 1.00 e. The van der Waals surface area contributed by atoms with Gasteiger partial charge in [0.15, 0.2) is 8.69 Å². The van der Waals surface area contributed by atoms with Crippen LogP contribution in [0, 0.1) is 11.8 Å². The first-order valence-corrected chi connectivity index (χ1v) is 21.1. The van der Waals surface area contributed by atoms with Gasteiger partial charge in [0, 0.05) is 39.1 Å². The van der Waals surface area contributed by atoms with Gasteiger partial charge in [-0.25, -0.2) is 4.79 Å². The Balaban J connectivity index is 0.000000649. The first-order valence-electron chi connectivity index (χ1n) is 20.1. The molecule has 0 spiro atoms. The van der Waals surface area contributed by atoms with Crippen LogP contribution in [0.5, 0.6) is 0 Å². The van der Waals surface area contributed by atoms with E-state index in [9.17, 15) is 9.59 Å². The lowest BCUT2D eigenvalue weighted by Gasteiger charge is -2.46.